The molecular weight excluding hydrogens is 357 g/mol. The van der Waals surface area contributed by atoms with E-state index in [1.807, 2.05) is 0 Å². The number of benzene rings is 1. The van der Waals surface area contributed by atoms with Crippen molar-refractivity contribution in [2.24, 2.45) is 0 Å². The van der Waals surface area contributed by atoms with Gasteiger partial charge in [0.05, 0.1) is 33.2 Å². The lowest BCUT2D eigenvalue weighted by atomic mass is 10.2. The predicted octanol–water partition coefficient (Wildman–Crippen LogP) is 2.76. The highest BCUT2D eigenvalue weighted by atomic mass is 35.5. The van der Waals surface area contributed by atoms with Gasteiger partial charge in [0, 0.05) is 0 Å². The Balaban J connectivity index is 2.15. The number of hydrogen-bond donors (Lipinski definition) is 1. The summed E-state index contributed by atoms with van der Waals surface area (Å²) in [5, 5.41) is 17.6. The molecule has 21 heavy (non-hydrogen) atoms. The molecule has 0 aliphatic rings. The zero-order valence-corrected chi connectivity index (χ0v) is 13.2. The highest BCUT2D eigenvalue weighted by molar-refractivity contribution is 7.99. The van der Waals surface area contributed by atoms with Gasteiger partial charge in [0.25, 0.3) is 0 Å². The van der Waals surface area contributed by atoms with E-state index in [1.165, 1.54) is 6.33 Å². The molecular formula is C10H5Cl2N5O2S2. The van der Waals surface area contributed by atoms with Crippen LogP contribution >= 0.6 is 46.7 Å². The van der Waals surface area contributed by atoms with Gasteiger partial charge in [-0.05, 0) is 6.07 Å². The Kier molecular flexibility index (Phi) is 3.98. The van der Waals surface area contributed by atoms with Crippen molar-refractivity contribution < 1.29 is 9.90 Å². The van der Waals surface area contributed by atoms with E-state index in [1.54, 1.807) is 10.6 Å². The first-order valence-electron chi connectivity index (χ1n) is 5.43. The first-order valence-corrected chi connectivity index (χ1v) is 7.90. The quantitative estimate of drug-likeness (QED) is 0.713. The minimum Gasteiger partial charge on any atom is -0.481 e. The molecule has 0 atom stereocenters. The molecule has 3 aromatic rings. The molecule has 2 aromatic heterocycles. The summed E-state index contributed by atoms with van der Waals surface area (Å²) in [5.74, 6) is -1.08. The number of rotatable bonds is 4. The standard InChI is InChI=1S/C10H5Cl2N5O2S2/c11-4-1-5(12)9(8-7(4)15-21-16-8)17-3-13-14-10(17)20-2-6(18)19/h1,3H,2H2,(H,18,19). The molecule has 1 aromatic carbocycles. The third-order valence-corrected chi connectivity index (χ3v) is 4.53. The van der Waals surface area contributed by atoms with Crippen LogP contribution in [0.1, 0.15) is 0 Å². The largest absolute Gasteiger partial charge is 0.481 e. The zero-order chi connectivity index (χ0) is 15.0. The number of nitrogens with zero attached hydrogens (tertiary/aromatic N) is 5. The van der Waals surface area contributed by atoms with E-state index in [4.69, 9.17) is 28.3 Å². The van der Waals surface area contributed by atoms with Crippen molar-refractivity contribution in [3.8, 4) is 5.69 Å². The summed E-state index contributed by atoms with van der Waals surface area (Å²) in [5.41, 5.74) is 1.58. The third-order valence-electron chi connectivity index (χ3n) is 2.50. The van der Waals surface area contributed by atoms with E-state index in [-0.39, 0.29) is 5.75 Å². The molecule has 0 spiro atoms. The molecule has 0 fully saturated rings. The van der Waals surface area contributed by atoms with Gasteiger partial charge in [0.1, 0.15) is 17.4 Å². The number of fused-ring (bicyclic) bond motifs is 1. The zero-order valence-electron chi connectivity index (χ0n) is 10.0. The van der Waals surface area contributed by atoms with Crippen molar-refractivity contribution >= 4 is 63.7 Å². The summed E-state index contributed by atoms with van der Waals surface area (Å²) in [4.78, 5) is 10.7. The van der Waals surface area contributed by atoms with Gasteiger partial charge in [0.2, 0.25) is 0 Å². The molecule has 0 saturated carbocycles. The van der Waals surface area contributed by atoms with E-state index in [0.29, 0.717) is 31.9 Å². The first kappa shape index (κ1) is 14.5. The number of carboxylic acids is 1. The van der Waals surface area contributed by atoms with E-state index in [9.17, 15) is 4.79 Å². The SMILES string of the molecule is O=C(O)CSc1nncn1-c1c(Cl)cc(Cl)c2nsnc12. The Hall–Kier alpha value is -1.42. The van der Waals surface area contributed by atoms with Crippen molar-refractivity contribution in [3.05, 3.63) is 22.4 Å². The second-order valence-corrected chi connectivity index (χ2v) is 6.10. The molecule has 0 aliphatic heterocycles. The number of halogens is 2. The topological polar surface area (TPSA) is 93.8 Å². The Morgan fingerprint density at radius 3 is 2.86 bits per heavy atom. The number of hydrogen-bond acceptors (Lipinski definition) is 7. The van der Waals surface area contributed by atoms with Crippen LogP contribution in [-0.4, -0.2) is 40.3 Å². The third kappa shape index (κ3) is 2.69. The predicted molar refractivity (Wildman–Crippen MR) is 80.7 cm³/mol. The Bertz CT molecular complexity index is 834. The molecule has 0 amide bonds. The Morgan fingerprint density at radius 2 is 2.10 bits per heavy atom. The lowest BCUT2D eigenvalue weighted by molar-refractivity contribution is -0.133. The summed E-state index contributed by atoms with van der Waals surface area (Å²) in [6.07, 6.45) is 1.44. The van der Waals surface area contributed by atoms with Crippen LogP contribution < -0.4 is 0 Å². The molecule has 3 rings (SSSR count). The van der Waals surface area contributed by atoms with E-state index < -0.39 is 5.97 Å². The molecule has 0 radical (unpaired) electrons. The molecule has 0 bridgehead atoms. The summed E-state index contributed by atoms with van der Waals surface area (Å²) < 4.78 is 9.89. The number of aromatic nitrogens is 5. The maximum Gasteiger partial charge on any atom is 0.313 e. The maximum absolute atomic E-state index is 10.7. The van der Waals surface area contributed by atoms with Gasteiger partial charge in [-0.3, -0.25) is 9.36 Å². The summed E-state index contributed by atoms with van der Waals surface area (Å²) >= 11 is 14.4. The van der Waals surface area contributed by atoms with E-state index in [2.05, 4.69) is 18.9 Å². The van der Waals surface area contributed by atoms with Crippen LogP contribution in [0.2, 0.25) is 10.0 Å². The van der Waals surface area contributed by atoms with Crippen LogP contribution in [0.4, 0.5) is 0 Å². The fraction of sp³-hybridized carbons (Fsp3) is 0.100. The van der Waals surface area contributed by atoms with Crippen LogP contribution in [0.25, 0.3) is 16.7 Å². The lowest BCUT2D eigenvalue weighted by Gasteiger charge is -2.08. The highest BCUT2D eigenvalue weighted by Crippen LogP contribution is 2.35. The van der Waals surface area contributed by atoms with E-state index >= 15 is 0 Å². The van der Waals surface area contributed by atoms with Gasteiger partial charge in [-0.1, -0.05) is 35.0 Å². The van der Waals surface area contributed by atoms with Crippen LogP contribution in [0.3, 0.4) is 0 Å². The van der Waals surface area contributed by atoms with Gasteiger partial charge in [-0.25, -0.2) is 0 Å². The molecule has 2 heterocycles. The minimum absolute atomic E-state index is 0.137. The Labute approximate surface area is 136 Å². The lowest BCUT2D eigenvalue weighted by Crippen LogP contribution is -2.02. The number of carbonyl (C=O) groups is 1. The molecule has 0 aliphatic carbocycles. The molecule has 1 N–H and O–H groups in total. The molecule has 108 valence electrons. The average molecular weight is 362 g/mol. The van der Waals surface area contributed by atoms with Gasteiger partial charge >= 0.3 is 5.97 Å². The molecule has 7 nitrogen and oxygen atoms in total. The summed E-state index contributed by atoms with van der Waals surface area (Å²) in [6.45, 7) is 0. The van der Waals surface area contributed by atoms with Crippen LogP contribution in [0, 0.1) is 0 Å². The van der Waals surface area contributed by atoms with Crippen LogP contribution in [0.15, 0.2) is 17.6 Å². The monoisotopic (exact) mass is 361 g/mol. The van der Waals surface area contributed by atoms with Crippen LogP contribution in [-0.2, 0) is 4.79 Å². The van der Waals surface area contributed by atoms with Crippen LogP contribution in [0.5, 0.6) is 0 Å². The van der Waals surface area contributed by atoms with Crippen molar-refractivity contribution in [3.63, 3.8) is 0 Å². The fourth-order valence-electron chi connectivity index (χ4n) is 1.69. The van der Waals surface area contributed by atoms with Gasteiger partial charge in [-0.15, -0.1) is 10.2 Å². The smallest absolute Gasteiger partial charge is 0.313 e. The molecule has 0 saturated heterocycles. The second-order valence-electron chi connectivity index (χ2n) is 3.82. The maximum atomic E-state index is 10.7. The fourth-order valence-corrected chi connectivity index (χ4v) is 3.53. The minimum atomic E-state index is -0.947. The Morgan fingerprint density at radius 1 is 1.33 bits per heavy atom. The molecule has 11 heteroatoms. The second kappa shape index (κ2) is 5.76. The van der Waals surface area contributed by atoms with E-state index in [0.717, 1.165) is 23.5 Å². The normalized spacial score (nSPS) is 11.1. The van der Waals surface area contributed by atoms with Gasteiger partial charge in [-0.2, -0.15) is 8.75 Å². The van der Waals surface area contributed by atoms with Gasteiger partial charge < -0.3 is 5.11 Å². The number of aliphatic carboxylic acids is 1. The van der Waals surface area contributed by atoms with Crippen molar-refractivity contribution in [2.45, 2.75) is 5.16 Å². The van der Waals surface area contributed by atoms with Gasteiger partial charge in [0.15, 0.2) is 5.16 Å². The average Bonchev–Trinajstić information content (AvgIpc) is 3.05. The molecule has 0 unspecified atom stereocenters. The van der Waals surface area contributed by atoms with Crippen molar-refractivity contribution in [1.29, 1.82) is 0 Å². The summed E-state index contributed by atoms with van der Waals surface area (Å²) in [7, 11) is 0. The van der Waals surface area contributed by atoms with Crippen molar-refractivity contribution in [2.75, 3.05) is 5.75 Å². The first-order chi connectivity index (χ1) is 10.1. The number of carboxylic acid groups (broad SMARTS) is 1. The number of thioether (sulfide) groups is 1. The highest BCUT2D eigenvalue weighted by Gasteiger charge is 2.19. The summed E-state index contributed by atoms with van der Waals surface area (Å²) in [6, 6.07) is 1.56. The van der Waals surface area contributed by atoms with Crippen molar-refractivity contribution in [1.82, 2.24) is 23.5 Å².